The summed E-state index contributed by atoms with van der Waals surface area (Å²) in [5, 5.41) is 0.974. The van der Waals surface area contributed by atoms with Crippen molar-refractivity contribution >= 4 is 28.5 Å². The molecule has 7 heteroatoms. The molecule has 2 amide bonds. The number of benzene rings is 1. The van der Waals surface area contributed by atoms with Crippen molar-refractivity contribution in [3.63, 3.8) is 0 Å². The number of hydrogen-bond donors (Lipinski definition) is 0. The summed E-state index contributed by atoms with van der Waals surface area (Å²) in [6, 6.07) is 9.55. The van der Waals surface area contributed by atoms with Crippen LogP contribution in [0.2, 0.25) is 0 Å². The molecule has 0 bridgehead atoms. The zero-order chi connectivity index (χ0) is 22.9. The van der Waals surface area contributed by atoms with Gasteiger partial charge in [0.25, 0.3) is 5.91 Å². The van der Waals surface area contributed by atoms with Gasteiger partial charge in [-0.1, -0.05) is 13.0 Å². The molecular formula is C26H29N5O2. The third kappa shape index (κ3) is 4.08. The number of anilines is 1. The Morgan fingerprint density at radius 2 is 1.94 bits per heavy atom. The molecule has 0 atom stereocenters. The molecule has 2 aliphatic heterocycles. The molecule has 1 aromatic carbocycles. The van der Waals surface area contributed by atoms with Gasteiger partial charge in [0.15, 0.2) is 0 Å². The van der Waals surface area contributed by atoms with E-state index in [0.29, 0.717) is 38.0 Å². The number of carbonyl (C=O) groups is 2. The number of nitrogens with zero attached hydrogens (tertiary/aromatic N) is 5. The molecule has 0 N–H and O–H groups in total. The summed E-state index contributed by atoms with van der Waals surface area (Å²) in [4.78, 5) is 43.4. The van der Waals surface area contributed by atoms with Crippen molar-refractivity contribution in [3.05, 3.63) is 59.2 Å². The first-order valence-corrected chi connectivity index (χ1v) is 11.9. The molecule has 0 unspecified atom stereocenters. The standard InChI is InChI=1S/C26H29N5O2/c1-3-13-31-23(32)9-7-21-17(2)28-24(29-25(21)31)18-10-14-30(15-11-18)26(33)20-6-8-22-19(16-20)5-4-12-27-22/h4-6,8,12,16,18H,3,7,9-11,13-15H2,1-2H3. The Bertz CT molecular complexity index is 1220. The first kappa shape index (κ1) is 21.5. The minimum atomic E-state index is 0.0569. The fourth-order valence-electron chi connectivity index (χ4n) is 4.97. The van der Waals surface area contributed by atoms with Gasteiger partial charge in [-0.2, -0.15) is 0 Å². The van der Waals surface area contributed by atoms with E-state index in [4.69, 9.17) is 9.97 Å². The van der Waals surface area contributed by atoms with Crippen molar-refractivity contribution in [1.82, 2.24) is 19.9 Å². The molecule has 2 aromatic heterocycles. The van der Waals surface area contributed by atoms with Gasteiger partial charge in [0.2, 0.25) is 5.91 Å². The number of likely N-dealkylation sites (tertiary alicyclic amines) is 1. The summed E-state index contributed by atoms with van der Waals surface area (Å²) in [6.45, 7) is 6.14. The van der Waals surface area contributed by atoms with Crippen molar-refractivity contribution in [2.75, 3.05) is 24.5 Å². The Hall–Kier alpha value is -3.35. The van der Waals surface area contributed by atoms with Crippen LogP contribution in [0.4, 0.5) is 5.82 Å². The molecular weight excluding hydrogens is 414 g/mol. The second-order valence-electron chi connectivity index (χ2n) is 8.99. The maximum absolute atomic E-state index is 13.1. The SMILES string of the molecule is CCCN1C(=O)CCc2c(C)nc(C3CCN(C(=O)c4ccc5ncccc5c4)CC3)nc21. The molecule has 0 spiro atoms. The second kappa shape index (κ2) is 8.89. The topological polar surface area (TPSA) is 79.3 Å². The Balaban J connectivity index is 1.32. The lowest BCUT2D eigenvalue weighted by Gasteiger charge is -2.33. The number of piperidine rings is 1. The van der Waals surface area contributed by atoms with Crippen LogP contribution in [0, 0.1) is 6.92 Å². The molecule has 1 fully saturated rings. The van der Waals surface area contributed by atoms with Gasteiger partial charge in [-0.3, -0.25) is 19.5 Å². The van der Waals surface area contributed by atoms with E-state index < -0.39 is 0 Å². The third-order valence-electron chi connectivity index (χ3n) is 6.80. The summed E-state index contributed by atoms with van der Waals surface area (Å²) in [7, 11) is 0. The summed E-state index contributed by atoms with van der Waals surface area (Å²) < 4.78 is 0. The van der Waals surface area contributed by atoms with Gasteiger partial charge in [-0.05, 0) is 56.9 Å². The molecule has 1 saturated heterocycles. The Morgan fingerprint density at radius 1 is 1.12 bits per heavy atom. The molecule has 3 aromatic rings. The highest BCUT2D eigenvalue weighted by atomic mass is 16.2. The summed E-state index contributed by atoms with van der Waals surface area (Å²) in [5.41, 5.74) is 3.67. The van der Waals surface area contributed by atoms with E-state index >= 15 is 0 Å². The van der Waals surface area contributed by atoms with E-state index in [0.717, 1.165) is 53.1 Å². The molecule has 33 heavy (non-hydrogen) atoms. The molecule has 170 valence electrons. The van der Waals surface area contributed by atoms with Crippen LogP contribution in [-0.2, 0) is 11.2 Å². The van der Waals surface area contributed by atoms with Crippen molar-refractivity contribution in [2.24, 2.45) is 0 Å². The largest absolute Gasteiger partial charge is 0.339 e. The lowest BCUT2D eigenvalue weighted by molar-refractivity contribution is -0.119. The van der Waals surface area contributed by atoms with Crippen LogP contribution in [0.1, 0.15) is 66.0 Å². The molecule has 0 aliphatic carbocycles. The molecule has 7 nitrogen and oxygen atoms in total. The zero-order valence-electron chi connectivity index (χ0n) is 19.3. The van der Waals surface area contributed by atoms with Crippen LogP contribution in [0.3, 0.4) is 0 Å². The maximum Gasteiger partial charge on any atom is 0.253 e. The van der Waals surface area contributed by atoms with Gasteiger partial charge < -0.3 is 4.90 Å². The fourth-order valence-corrected chi connectivity index (χ4v) is 4.97. The molecule has 2 aliphatic rings. The molecule has 0 radical (unpaired) electrons. The number of fused-ring (bicyclic) bond motifs is 2. The monoisotopic (exact) mass is 443 g/mol. The first-order chi connectivity index (χ1) is 16.0. The van der Waals surface area contributed by atoms with Crippen molar-refractivity contribution < 1.29 is 9.59 Å². The predicted octanol–water partition coefficient (Wildman–Crippen LogP) is 4.04. The Kier molecular flexibility index (Phi) is 5.79. The van der Waals surface area contributed by atoms with E-state index in [2.05, 4.69) is 11.9 Å². The minimum absolute atomic E-state index is 0.0569. The summed E-state index contributed by atoms with van der Waals surface area (Å²) in [5.74, 6) is 2.02. The number of amides is 2. The van der Waals surface area contributed by atoms with Crippen LogP contribution in [-0.4, -0.2) is 51.3 Å². The second-order valence-corrected chi connectivity index (χ2v) is 8.99. The number of rotatable bonds is 4. The van der Waals surface area contributed by atoms with Gasteiger partial charge in [0.05, 0.1) is 5.52 Å². The van der Waals surface area contributed by atoms with Crippen LogP contribution < -0.4 is 4.90 Å². The van der Waals surface area contributed by atoms with Crippen molar-refractivity contribution in [1.29, 1.82) is 0 Å². The van der Waals surface area contributed by atoms with Crippen LogP contribution >= 0.6 is 0 Å². The first-order valence-electron chi connectivity index (χ1n) is 11.9. The van der Waals surface area contributed by atoms with E-state index in [-0.39, 0.29) is 17.7 Å². The summed E-state index contributed by atoms with van der Waals surface area (Å²) >= 11 is 0. The van der Waals surface area contributed by atoms with Crippen LogP contribution in [0.15, 0.2) is 36.5 Å². The average Bonchev–Trinajstić information content (AvgIpc) is 2.85. The van der Waals surface area contributed by atoms with E-state index in [1.54, 1.807) is 6.20 Å². The van der Waals surface area contributed by atoms with Gasteiger partial charge in [-0.15, -0.1) is 0 Å². The predicted molar refractivity (Wildman–Crippen MR) is 127 cm³/mol. The number of aromatic nitrogens is 3. The van der Waals surface area contributed by atoms with Gasteiger partial charge in [0.1, 0.15) is 11.6 Å². The number of aryl methyl sites for hydroxylation is 1. The van der Waals surface area contributed by atoms with Gasteiger partial charge in [-0.25, -0.2) is 9.97 Å². The molecule has 5 rings (SSSR count). The van der Waals surface area contributed by atoms with Crippen molar-refractivity contribution in [2.45, 2.75) is 51.9 Å². The lowest BCUT2D eigenvalue weighted by Crippen LogP contribution is -2.39. The highest BCUT2D eigenvalue weighted by molar-refractivity contribution is 5.98. The quantitative estimate of drug-likeness (QED) is 0.608. The van der Waals surface area contributed by atoms with E-state index in [1.165, 1.54) is 0 Å². The van der Waals surface area contributed by atoms with E-state index in [9.17, 15) is 9.59 Å². The Morgan fingerprint density at radius 3 is 2.73 bits per heavy atom. The number of carbonyl (C=O) groups excluding carboxylic acids is 2. The highest BCUT2D eigenvalue weighted by Gasteiger charge is 2.31. The van der Waals surface area contributed by atoms with Gasteiger partial charge >= 0.3 is 0 Å². The highest BCUT2D eigenvalue weighted by Crippen LogP contribution is 2.33. The average molecular weight is 444 g/mol. The van der Waals surface area contributed by atoms with Crippen LogP contribution in [0.25, 0.3) is 10.9 Å². The third-order valence-corrected chi connectivity index (χ3v) is 6.80. The fraction of sp³-hybridized carbons (Fsp3) is 0.423. The number of pyridine rings is 1. The van der Waals surface area contributed by atoms with Gasteiger partial charge in [0, 0.05) is 60.4 Å². The van der Waals surface area contributed by atoms with E-state index in [1.807, 2.05) is 47.1 Å². The van der Waals surface area contributed by atoms with Crippen LogP contribution in [0.5, 0.6) is 0 Å². The lowest BCUT2D eigenvalue weighted by atomic mass is 9.94. The Labute approximate surface area is 193 Å². The molecule has 4 heterocycles. The minimum Gasteiger partial charge on any atom is -0.339 e. The normalized spacial score (nSPS) is 16.8. The van der Waals surface area contributed by atoms with Crippen molar-refractivity contribution in [3.8, 4) is 0 Å². The molecule has 0 saturated carbocycles. The summed E-state index contributed by atoms with van der Waals surface area (Å²) in [6.07, 6.45) is 5.55. The zero-order valence-corrected chi connectivity index (χ0v) is 19.3. The maximum atomic E-state index is 13.1. The smallest absolute Gasteiger partial charge is 0.253 e. The number of hydrogen-bond acceptors (Lipinski definition) is 5.